The van der Waals surface area contributed by atoms with Gasteiger partial charge < -0.3 is 24.8 Å². The Morgan fingerprint density at radius 1 is 1.16 bits per heavy atom. The first-order valence-corrected chi connectivity index (χ1v) is 12.8. The van der Waals surface area contributed by atoms with Crippen LogP contribution in [0.25, 0.3) is 0 Å². The van der Waals surface area contributed by atoms with Crippen molar-refractivity contribution in [2.24, 2.45) is 0 Å². The molecule has 0 spiro atoms. The Morgan fingerprint density at radius 3 is 2.76 bits per heavy atom. The highest BCUT2D eigenvalue weighted by molar-refractivity contribution is 5.59. The van der Waals surface area contributed by atoms with Crippen molar-refractivity contribution in [1.82, 2.24) is 20.2 Å². The summed E-state index contributed by atoms with van der Waals surface area (Å²) in [7, 11) is 2.08. The molecule has 2 fully saturated rings. The molecular weight excluding hydrogens is 483 g/mol. The highest BCUT2D eigenvalue weighted by atomic mass is 19.4. The maximum atomic E-state index is 13.7. The fourth-order valence-corrected chi connectivity index (χ4v) is 5.53. The molecule has 0 amide bonds. The van der Waals surface area contributed by atoms with Gasteiger partial charge in [0.1, 0.15) is 12.4 Å². The maximum absolute atomic E-state index is 13.7. The van der Waals surface area contributed by atoms with Crippen molar-refractivity contribution in [3.05, 3.63) is 41.1 Å². The first kappa shape index (κ1) is 25.5. The second-order valence-electron chi connectivity index (χ2n) is 9.99. The molecule has 37 heavy (non-hydrogen) atoms. The summed E-state index contributed by atoms with van der Waals surface area (Å²) < 4.78 is 47.3. The molecular formula is C26H32F3N7O. The number of likely N-dealkylation sites (tertiary alicyclic amines) is 1. The van der Waals surface area contributed by atoms with Crippen LogP contribution < -0.4 is 19.9 Å². The molecule has 1 aromatic carbocycles. The molecule has 4 heterocycles. The van der Waals surface area contributed by atoms with Crippen LogP contribution in [0.3, 0.4) is 0 Å². The standard InChI is InChI=1S/C26H32F3N7O/c1-34-12-4-5-19(34)17-37-25-32-22-16-35(23-7-3-2-6-21(23)26(27,28)29)13-9-20(22)24(33-25)36-14-11-31-18(15-36)8-10-30/h2-3,6-7,18-19,31H,4-5,8-9,11-17H2,1H3/t18?,19-/m1/s1. The summed E-state index contributed by atoms with van der Waals surface area (Å²) in [6.45, 7) is 4.23. The molecule has 2 atom stereocenters. The Hall–Kier alpha value is -3.10. The van der Waals surface area contributed by atoms with Crippen molar-refractivity contribution in [3.8, 4) is 12.1 Å². The summed E-state index contributed by atoms with van der Waals surface area (Å²) in [5.41, 5.74) is 1.16. The van der Waals surface area contributed by atoms with Gasteiger partial charge in [-0.2, -0.15) is 28.4 Å². The van der Waals surface area contributed by atoms with Crippen LogP contribution in [0.2, 0.25) is 0 Å². The number of likely N-dealkylation sites (N-methyl/N-ethyl adjacent to an activating group) is 1. The highest BCUT2D eigenvalue weighted by Crippen LogP contribution is 2.39. The Labute approximate surface area is 215 Å². The summed E-state index contributed by atoms with van der Waals surface area (Å²) >= 11 is 0. The average Bonchev–Trinajstić information content (AvgIpc) is 3.31. The Balaban J connectivity index is 1.46. The largest absolute Gasteiger partial charge is 0.462 e. The van der Waals surface area contributed by atoms with Crippen LogP contribution in [0.5, 0.6) is 6.01 Å². The number of piperazine rings is 1. The van der Waals surface area contributed by atoms with Gasteiger partial charge in [0.2, 0.25) is 0 Å². The van der Waals surface area contributed by atoms with Crippen molar-refractivity contribution in [1.29, 1.82) is 5.26 Å². The van der Waals surface area contributed by atoms with E-state index < -0.39 is 11.7 Å². The lowest BCUT2D eigenvalue weighted by Crippen LogP contribution is -2.51. The molecule has 5 rings (SSSR count). The minimum absolute atomic E-state index is 0.0274. The minimum Gasteiger partial charge on any atom is -0.462 e. The number of rotatable bonds is 6. The number of fused-ring (bicyclic) bond motifs is 1. The molecule has 1 unspecified atom stereocenters. The van der Waals surface area contributed by atoms with E-state index in [9.17, 15) is 18.4 Å². The van der Waals surface area contributed by atoms with E-state index in [-0.39, 0.29) is 30.3 Å². The number of aromatic nitrogens is 2. The van der Waals surface area contributed by atoms with E-state index in [1.807, 2.05) is 0 Å². The number of para-hydroxylation sites is 1. The minimum atomic E-state index is -4.44. The number of nitrogens with zero attached hydrogens (tertiary/aromatic N) is 6. The fraction of sp³-hybridized carbons (Fsp3) is 0.577. The molecule has 1 aromatic heterocycles. The lowest BCUT2D eigenvalue weighted by molar-refractivity contribution is -0.137. The van der Waals surface area contributed by atoms with E-state index in [0.29, 0.717) is 38.2 Å². The van der Waals surface area contributed by atoms with Crippen molar-refractivity contribution >= 4 is 11.5 Å². The molecule has 0 saturated carbocycles. The second kappa shape index (κ2) is 10.7. The zero-order chi connectivity index (χ0) is 26.0. The number of nitrogens with one attached hydrogen (secondary N) is 1. The molecule has 8 nitrogen and oxygen atoms in total. The number of nitriles is 1. The zero-order valence-corrected chi connectivity index (χ0v) is 21.0. The Bertz CT molecular complexity index is 1150. The lowest BCUT2D eigenvalue weighted by atomic mass is 10.0. The van der Waals surface area contributed by atoms with Crippen molar-refractivity contribution < 1.29 is 17.9 Å². The molecule has 2 saturated heterocycles. The van der Waals surface area contributed by atoms with E-state index in [4.69, 9.17) is 14.7 Å². The molecule has 3 aliphatic rings. The molecule has 2 aromatic rings. The van der Waals surface area contributed by atoms with Gasteiger partial charge >= 0.3 is 12.2 Å². The van der Waals surface area contributed by atoms with Gasteiger partial charge in [-0.1, -0.05) is 12.1 Å². The van der Waals surface area contributed by atoms with E-state index in [0.717, 1.165) is 49.9 Å². The third kappa shape index (κ3) is 5.60. The summed E-state index contributed by atoms with van der Waals surface area (Å²) in [6.07, 6.45) is -1.36. The Morgan fingerprint density at radius 2 is 2.00 bits per heavy atom. The molecule has 1 N–H and O–H groups in total. The van der Waals surface area contributed by atoms with Gasteiger partial charge in [0.25, 0.3) is 0 Å². The Kier molecular flexibility index (Phi) is 7.40. The summed E-state index contributed by atoms with van der Waals surface area (Å²) in [4.78, 5) is 15.7. The van der Waals surface area contributed by atoms with Crippen LogP contribution in [0.1, 0.15) is 36.1 Å². The van der Waals surface area contributed by atoms with Gasteiger partial charge in [-0.3, -0.25) is 0 Å². The molecule has 0 bridgehead atoms. The number of alkyl halides is 3. The normalized spacial score (nSPS) is 22.6. The van der Waals surface area contributed by atoms with E-state index >= 15 is 0 Å². The molecule has 0 radical (unpaired) electrons. The topological polar surface area (TPSA) is 80.5 Å². The van der Waals surface area contributed by atoms with Gasteiger partial charge in [0.05, 0.1) is 30.3 Å². The van der Waals surface area contributed by atoms with Crippen LogP contribution in [0.15, 0.2) is 24.3 Å². The van der Waals surface area contributed by atoms with Gasteiger partial charge in [-0.15, -0.1) is 0 Å². The maximum Gasteiger partial charge on any atom is 0.418 e. The van der Waals surface area contributed by atoms with Crippen molar-refractivity contribution in [2.45, 2.75) is 50.5 Å². The lowest BCUT2D eigenvalue weighted by Gasteiger charge is -2.37. The van der Waals surface area contributed by atoms with Crippen LogP contribution in [-0.2, 0) is 19.1 Å². The smallest absolute Gasteiger partial charge is 0.418 e. The predicted octanol–water partition coefficient (Wildman–Crippen LogP) is 3.22. The quantitative estimate of drug-likeness (QED) is 0.628. The number of anilines is 2. The first-order chi connectivity index (χ1) is 17.8. The van der Waals surface area contributed by atoms with E-state index in [1.165, 1.54) is 12.1 Å². The summed E-state index contributed by atoms with van der Waals surface area (Å²) in [5, 5.41) is 12.6. The molecule has 198 valence electrons. The second-order valence-corrected chi connectivity index (χ2v) is 9.99. The molecule has 3 aliphatic heterocycles. The van der Waals surface area contributed by atoms with Crippen molar-refractivity contribution in [3.63, 3.8) is 0 Å². The van der Waals surface area contributed by atoms with Crippen LogP contribution in [0, 0.1) is 11.3 Å². The number of hydrogen-bond donors (Lipinski definition) is 1. The fourth-order valence-electron chi connectivity index (χ4n) is 5.53. The third-order valence-electron chi connectivity index (χ3n) is 7.54. The molecule has 11 heteroatoms. The summed E-state index contributed by atoms with van der Waals surface area (Å²) in [6, 6.07) is 8.50. The first-order valence-electron chi connectivity index (χ1n) is 12.8. The van der Waals surface area contributed by atoms with Gasteiger partial charge in [0, 0.05) is 49.5 Å². The van der Waals surface area contributed by atoms with E-state index in [2.05, 4.69) is 28.2 Å². The van der Waals surface area contributed by atoms with Crippen LogP contribution in [-0.4, -0.2) is 73.3 Å². The average molecular weight is 516 g/mol. The van der Waals surface area contributed by atoms with E-state index in [1.54, 1.807) is 11.0 Å². The van der Waals surface area contributed by atoms with Gasteiger partial charge in [-0.05, 0) is 45.0 Å². The van der Waals surface area contributed by atoms with Crippen molar-refractivity contribution in [2.75, 3.05) is 56.2 Å². The SMILES string of the molecule is CN1CCC[C@@H]1COc1nc2c(c(N3CCNC(CC#N)C3)n1)CCN(c1ccccc1C(F)(F)F)C2. The number of halogens is 3. The summed E-state index contributed by atoms with van der Waals surface area (Å²) in [5.74, 6) is 0.771. The van der Waals surface area contributed by atoms with Gasteiger partial charge in [-0.25, -0.2) is 0 Å². The zero-order valence-electron chi connectivity index (χ0n) is 21.0. The number of benzene rings is 1. The number of ether oxygens (including phenoxy) is 1. The van der Waals surface area contributed by atoms with Crippen LogP contribution >= 0.6 is 0 Å². The third-order valence-corrected chi connectivity index (χ3v) is 7.54. The van der Waals surface area contributed by atoms with Gasteiger partial charge in [0.15, 0.2) is 0 Å². The predicted molar refractivity (Wildman–Crippen MR) is 134 cm³/mol. The monoisotopic (exact) mass is 515 g/mol. The molecule has 0 aliphatic carbocycles. The number of hydrogen-bond acceptors (Lipinski definition) is 8. The highest BCUT2D eigenvalue weighted by Gasteiger charge is 2.36. The van der Waals surface area contributed by atoms with Crippen LogP contribution in [0.4, 0.5) is 24.7 Å².